The molecule has 1 aromatic carbocycles. The topological polar surface area (TPSA) is 30.8 Å². The van der Waals surface area contributed by atoms with Gasteiger partial charge >= 0.3 is 0 Å². The fraction of sp³-hybridized carbons (Fsp3) is 0.417. The molecule has 0 spiro atoms. The fourth-order valence-corrected chi connectivity index (χ4v) is 1.15. The van der Waals surface area contributed by atoms with Crippen LogP contribution in [0, 0.1) is 13.8 Å². The highest BCUT2D eigenvalue weighted by Gasteiger charge is 1.99. The summed E-state index contributed by atoms with van der Waals surface area (Å²) in [7, 11) is 0. The molecule has 0 atom stereocenters. The molecule has 0 bridgehead atoms. The predicted molar refractivity (Wildman–Crippen MR) is 61.3 cm³/mol. The molecule has 1 aromatic rings. The lowest BCUT2D eigenvalue weighted by Gasteiger charge is -2.05. The molecule has 0 N–H and O–H groups in total. The molecule has 3 heteroatoms. The standard InChI is InChI=1S/C12H17NO2/c1-5-14-11(4)13-15-12-8-9(2)6-7-10(12)3/h6-8H,5H2,1-4H3. The first kappa shape index (κ1) is 11.6. The highest BCUT2D eigenvalue weighted by atomic mass is 16.6. The van der Waals surface area contributed by atoms with Crippen LogP contribution in [0.4, 0.5) is 0 Å². The Labute approximate surface area is 90.7 Å². The Hall–Kier alpha value is -1.51. The molecule has 3 nitrogen and oxygen atoms in total. The van der Waals surface area contributed by atoms with Gasteiger partial charge in [0.25, 0.3) is 0 Å². The summed E-state index contributed by atoms with van der Waals surface area (Å²) < 4.78 is 5.16. The van der Waals surface area contributed by atoms with E-state index in [0.717, 1.165) is 16.9 Å². The third-order valence-corrected chi connectivity index (χ3v) is 1.97. The van der Waals surface area contributed by atoms with Crippen LogP contribution in [0.25, 0.3) is 0 Å². The van der Waals surface area contributed by atoms with Crippen molar-refractivity contribution >= 4 is 5.90 Å². The second-order valence-electron chi connectivity index (χ2n) is 3.40. The fourth-order valence-electron chi connectivity index (χ4n) is 1.15. The van der Waals surface area contributed by atoms with E-state index in [9.17, 15) is 0 Å². The van der Waals surface area contributed by atoms with Crippen LogP contribution < -0.4 is 4.84 Å². The van der Waals surface area contributed by atoms with Crippen molar-refractivity contribution in [2.45, 2.75) is 27.7 Å². The molecular weight excluding hydrogens is 190 g/mol. The van der Waals surface area contributed by atoms with E-state index in [-0.39, 0.29) is 0 Å². The minimum Gasteiger partial charge on any atom is -0.479 e. The number of hydrogen-bond donors (Lipinski definition) is 0. The van der Waals surface area contributed by atoms with Crippen LogP contribution in [-0.2, 0) is 4.74 Å². The van der Waals surface area contributed by atoms with E-state index in [0.29, 0.717) is 12.5 Å². The van der Waals surface area contributed by atoms with E-state index in [1.54, 1.807) is 6.92 Å². The zero-order valence-electron chi connectivity index (χ0n) is 9.70. The molecule has 82 valence electrons. The summed E-state index contributed by atoms with van der Waals surface area (Å²) in [5.41, 5.74) is 2.22. The second kappa shape index (κ2) is 5.39. The smallest absolute Gasteiger partial charge is 0.223 e. The maximum absolute atomic E-state index is 5.29. The third-order valence-electron chi connectivity index (χ3n) is 1.97. The van der Waals surface area contributed by atoms with E-state index >= 15 is 0 Å². The Morgan fingerprint density at radius 1 is 1.33 bits per heavy atom. The zero-order valence-corrected chi connectivity index (χ0v) is 9.70. The minimum atomic E-state index is 0.540. The van der Waals surface area contributed by atoms with E-state index in [2.05, 4.69) is 5.16 Å². The maximum atomic E-state index is 5.29. The Morgan fingerprint density at radius 2 is 2.07 bits per heavy atom. The molecule has 0 aliphatic heterocycles. The normalized spacial score (nSPS) is 11.3. The molecule has 0 amide bonds. The Morgan fingerprint density at radius 3 is 2.73 bits per heavy atom. The van der Waals surface area contributed by atoms with Gasteiger partial charge in [0.2, 0.25) is 5.90 Å². The Balaban J connectivity index is 2.72. The van der Waals surface area contributed by atoms with Gasteiger partial charge in [-0.15, -0.1) is 0 Å². The number of ether oxygens (including phenoxy) is 1. The Bertz CT molecular complexity index is 359. The van der Waals surface area contributed by atoms with E-state index in [4.69, 9.17) is 9.57 Å². The Kier molecular flexibility index (Phi) is 4.16. The second-order valence-corrected chi connectivity index (χ2v) is 3.40. The third kappa shape index (κ3) is 3.62. The molecule has 0 aliphatic rings. The lowest BCUT2D eigenvalue weighted by atomic mass is 10.1. The van der Waals surface area contributed by atoms with Gasteiger partial charge in [-0.05, 0) is 43.1 Å². The lowest BCUT2D eigenvalue weighted by Crippen LogP contribution is -2.01. The molecule has 0 radical (unpaired) electrons. The van der Waals surface area contributed by atoms with Crippen molar-refractivity contribution in [1.82, 2.24) is 0 Å². The number of aryl methyl sites for hydroxylation is 2. The molecule has 15 heavy (non-hydrogen) atoms. The van der Waals surface area contributed by atoms with Gasteiger partial charge in [-0.3, -0.25) is 0 Å². The number of oxime groups is 1. The summed E-state index contributed by atoms with van der Waals surface area (Å²) in [4.78, 5) is 5.29. The number of hydrogen-bond acceptors (Lipinski definition) is 3. The summed E-state index contributed by atoms with van der Waals surface area (Å²) >= 11 is 0. The maximum Gasteiger partial charge on any atom is 0.223 e. The largest absolute Gasteiger partial charge is 0.479 e. The van der Waals surface area contributed by atoms with Crippen LogP contribution in [0.5, 0.6) is 5.75 Å². The van der Waals surface area contributed by atoms with Gasteiger partial charge in [-0.25, -0.2) is 0 Å². The summed E-state index contributed by atoms with van der Waals surface area (Å²) in [6.07, 6.45) is 0. The number of nitrogens with zero attached hydrogens (tertiary/aromatic N) is 1. The molecule has 0 saturated heterocycles. The SMILES string of the molecule is CCOC(C)=NOc1cc(C)ccc1C. The molecule has 0 saturated carbocycles. The first-order valence-corrected chi connectivity index (χ1v) is 5.05. The van der Waals surface area contributed by atoms with Crippen molar-refractivity contribution in [3.63, 3.8) is 0 Å². The van der Waals surface area contributed by atoms with Gasteiger partial charge in [0.05, 0.1) is 6.61 Å². The van der Waals surface area contributed by atoms with Crippen molar-refractivity contribution in [1.29, 1.82) is 0 Å². The van der Waals surface area contributed by atoms with Gasteiger partial charge < -0.3 is 9.57 Å². The van der Waals surface area contributed by atoms with Crippen LogP contribution >= 0.6 is 0 Å². The zero-order chi connectivity index (χ0) is 11.3. The number of benzene rings is 1. The van der Waals surface area contributed by atoms with Crippen molar-refractivity contribution in [2.75, 3.05) is 6.61 Å². The number of rotatable bonds is 3. The molecule has 0 aromatic heterocycles. The van der Waals surface area contributed by atoms with Gasteiger partial charge in [-0.1, -0.05) is 12.1 Å². The van der Waals surface area contributed by atoms with Crippen LogP contribution in [0.15, 0.2) is 23.4 Å². The molecule has 0 fully saturated rings. The summed E-state index contributed by atoms with van der Waals surface area (Å²) in [6.45, 7) is 8.29. The first-order chi connectivity index (χ1) is 7.13. The van der Waals surface area contributed by atoms with Gasteiger partial charge in [0.15, 0.2) is 5.75 Å². The molecule has 0 aliphatic carbocycles. The van der Waals surface area contributed by atoms with Gasteiger partial charge in [0, 0.05) is 6.92 Å². The monoisotopic (exact) mass is 207 g/mol. The van der Waals surface area contributed by atoms with Crippen LogP contribution in [0.2, 0.25) is 0 Å². The predicted octanol–water partition coefficient (Wildman–Crippen LogP) is 3.05. The van der Waals surface area contributed by atoms with Crippen LogP contribution in [0.1, 0.15) is 25.0 Å². The van der Waals surface area contributed by atoms with Crippen molar-refractivity contribution in [3.05, 3.63) is 29.3 Å². The van der Waals surface area contributed by atoms with Gasteiger partial charge in [-0.2, -0.15) is 0 Å². The average molecular weight is 207 g/mol. The summed E-state index contributed by atoms with van der Waals surface area (Å²) in [5.74, 6) is 1.31. The summed E-state index contributed by atoms with van der Waals surface area (Å²) in [6, 6.07) is 6.01. The van der Waals surface area contributed by atoms with Crippen LogP contribution in [-0.4, -0.2) is 12.5 Å². The molecule has 1 rings (SSSR count). The molecule has 0 heterocycles. The lowest BCUT2D eigenvalue weighted by molar-refractivity contribution is 0.275. The van der Waals surface area contributed by atoms with Crippen LogP contribution in [0.3, 0.4) is 0 Å². The molecular formula is C12H17NO2. The summed E-state index contributed by atoms with van der Waals surface area (Å²) in [5, 5.41) is 3.88. The molecule has 0 unspecified atom stereocenters. The van der Waals surface area contributed by atoms with E-state index in [1.807, 2.05) is 39.0 Å². The van der Waals surface area contributed by atoms with E-state index < -0.39 is 0 Å². The highest BCUT2D eigenvalue weighted by molar-refractivity contribution is 5.72. The van der Waals surface area contributed by atoms with Gasteiger partial charge in [0.1, 0.15) is 0 Å². The van der Waals surface area contributed by atoms with Crippen molar-refractivity contribution < 1.29 is 9.57 Å². The highest BCUT2D eigenvalue weighted by Crippen LogP contribution is 2.19. The first-order valence-electron chi connectivity index (χ1n) is 5.05. The quantitative estimate of drug-likeness (QED) is 0.433. The van der Waals surface area contributed by atoms with E-state index in [1.165, 1.54) is 0 Å². The van der Waals surface area contributed by atoms with Crippen molar-refractivity contribution in [2.24, 2.45) is 5.16 Å². The van der Waals surface area contributed by atoms with Crippen molar-refractivity contribution in [3.8, 4) is 5.75 Å². The minimum absolute atomic E-state index is 0.540. The average Bonchev–Trinajstić information content (AvgIpc) is 2.20.